The van der Waals surface area contributed by atoms with E-state index in [1.165, 1.54) is 12.8 Å². The van der Waals surface area contributed by atoms with E-state index >= 15 is 0 Å². The number of hydrogen-bond acceptors (Lipinski definition) is 3. The van der Waals surface area contributed by atoms with Crippen LogP contribution in [0.5, 0.6) is 11.5 Å². The highest BCUT2D eigenvalue weighted by atomic mass is 35.5. The first-order valence-corrected chi connectivity index (χ1v) is 7.32. The summed E-state index contributed by atoms with van der Waals surface area (Å²) in [6.45, 7) is 1.47. The van der Waals surface area contributed by atoms with Gasteiger partial charge in [-0.15, -0.1) is 0 Å². The highest BCUT2D eigenvalue weighted by Crippen LogP contribution is 2.50. The number of benzene rings is 1. The van der Waals surface area contributed by atoms with Gasteiger partial charge in [-0.2, -0.15) is 0 Å². The molecule has 0 amide bonds. The van der Waals surface area contributed by atoms with E-state index in [1.807, 2.05) is 6.07 Å². The van der Waals surface area contributed by atoms with Crippen LogP contribution in [0.1, 0.15) is 31.2 Å². The van der Waals surface area contributed by atoms with Crippen LogP contribution in [-0.2, 0) is 6.42 Å². The SMILES string of the molecule is NC1(Cc2cc(Cl)c3c(c2)OCC2(CC2)CO3)CC1. The van der Waals surface area contributed by atoms with Crippen molar-refractivity contribution < 1.29 is 9.47 Å². The molecule has 1 heterocycles. The first kappa shape index (κ1) is 11.9. The fourth-order valence-corrected chi connectivity index (χ4v) is 2.97. The van der Waals surface area contributed by atoms with Crippen molar-refractivity contribution >= 4 is 11.6 Å². The summed E-state index contributed by atoms with van der Waals surface area (Å²) >= 11 is 6.34. The zero-order chi connectivity index (χ0) is 13.1. The fraction of sp³-hybridized carbons (Fsp3) is 0.600. The van der Waals surface area contributed by atoms with Gasteiger partial charge in [-0.1, -0.05) is 11.6 Å². The van der Waals surface area contributed by atoms with E-state index in [1.54, 1.807) is 0 Å². The van der Waals surface area contributed by atoms with Crippen molar-refractivity contribution in [2.24, 2.45) is 11.1 Å². The van der Waals surface area contributed by atoms with Crippen LogP contribution in [0.4, 0.5) is 0 Å². The van der Waals surface area contributed by atoms with Gasteiger partial charge in [0.25, 0.3) is 0 Å². The minimum Gasteiger partial charge on any atom is -0.489 e. The van der Waals surface area contributed by atoms with E-state index in [2.05, 4.69) is 6.07 Å². The highest BCUT2D eigenvalue weighted by molar-refractivity contribution is 6.32. The lowest BCUT2D eigenvalue weighted by Gasteiger charge is -2.13. The van der Waals surface area contributed by atoms with E-state index in [9.17, 15) is 0 Å². The summed E-state index contributed by atoms with van der Waals surface area (Å²) in [4.78, 5) is 0. The van der Waals surface area contributed by atoms with Crippen LogP contribution in [0.2, 0.25) is 5.02 Å². The first-order chi connectivity index (χ1) is 9.08. The first-order valence-electron chi connectivity index (χ1n) is 6.95. The number of rotatable bonds is 2. The lowest BCUT2D eigenvalue weighted by molar-refractivity contribution is 0.197. The highest BCUT2D eigenvalue weighted by Gasteiger charge is 2.46. The van der Waals surface area contributed by atoms with Crippen LogP contribution in [-0.4, -0.2) is 18.8 Å². The van der Waals surface area contributed by atoms with Gasteiger partial charge in [0.05, 0.1) is 18.2 Å². The van der Waals surface area contributed by atoms with Gasteiger partial charge in [0.2, 0.25) is 0 Å². The third-order valence-corrected chi connectivity index (χ3v) is 4.81. The molecular formula is C15H18ClNO2. The van der Waals surface area contributed by atoms with Crippen molar-refractivity contribution in [1.29, 1.82) is 0 Å². The van der Waals surface area contributed by atoms with Crippen molar-refractivity contribution in [3.05, 3.63) is 22.7 Å². The number of nitrogens with two attached hydrogens (primary N) is 1. The minimum atomic E-state index is -0.0130. The monoisotopic (exact) mass is 279 g/mol. The molecule has 0 radical (unpaired) electrons. The molecule has 0 bridgehead atoms. The largest absolute Gasteiger partial charge is 0.489 e. The minimum absolute atomic E-state index is 0.0130. The Morgan fingerprint density at radius 3 is 2.53 bits per heavy atom. The molecule has 2 aliphatic carbocycles. The van der Waals surface area contributed by atoms with Crippen molar-refractivity contribution in [1.82, 2.24) is 0 Å². The van der Waals surface area contributed by atoms with E-state index in [4.69, 9.17) is 26.8 Å². The van der Waals surface area contributed by atoms with Crippen LogP contribution in [0.3, 0.4) is 0 Å². The van der Waals surface area contributed by atoms with Crippen molar-refractivity contribution in [3.63, 3.8) is 0 Å². The maximum atomic E-state index is 6.34. The summed E-state index contributed by atoms with van der Waals surface area (Å²) in [5, 5.41) is 0.648. The van der Waals surface area contributed by atoms with Crippen molar-refractivity contribution in [3.8, 4) is 11.5 Å². The molecule has 1 aromatic rings. The van der Waals surface area contributed by atoms with Gasteiger partial charge in [-0.3, -0.25) is 0 Å². The Morgan fingerprint density at radius 1 is 1.11 bits per heavy atom. The van der Waals surface area contributed by atoms with Gasteiger partial charge in [0, 0.05) is 11.0 Å². The van der Waals surface area contributed by atoms with E-state index in [0.29, 0.717) is 10.8 Å². The Kier molecular flexibility index (Phi) is 2.37. The molecule has 2 fully saturated rings. The molecule has 4 heteroatoms. The molecule has 19 heavy (non-hydrogen) atoms. The molecule has 3 aliphatic rings. The van der Waals surface area contributed by atoms with E-state index in [-0.39, 0.29) is 11.0 Å². The molecule has 2 saturated carbocycles. The van der Waals surface area contributed by atoms with E-state index < -0.39 is 0 Å². The molecule has 3 nitrogen and oxygen atoms in total. The molecule has 102 valence electrons. The Bertz CT molecular complexity index is 535. The third kappa shape index (κ3) is 2.19. The second-order valence-corrected chi connectivity index (χ2v) is 6.93. The predicted octanol–water partition coefficient (Wildman–Crippen LogP) is 2.93. The standard InChI is InChI=1S/C15H18ClNO2/c16-11-5-10(7-15(17)3-4-15)6-12-13(11)19-9-14(1-2-14)8-18-12/h5-6H,1-4,7-9,17H2. The number of halogens is 1. The number of hydrogen-bond donors (Lipinski definition) is 1. The zero-order valence-electron chi connectivity index (χ0n) is 10.9. The van der Waals surface area contributed by atoms with Gasteiger partial charge in [0.15, 0.2) is 11.5 Å². The Morgan fingerprint density at radius 2 is 1.84 bits per heavy atom. The molecular weight excluding hydrogens is 262 g/mol. The maximum absolute atomic E-state index is 6.34. The Balaban J connectivity index is 1.63. The zero-order valence-corrected chi connectivity index (χ0v) is 11.6. The summed E-state index contributed by atoms with van der Waals surface area (Å²) in [6.07, 6.45) is 5.45. The summed E-state index contributed by atoms with van der Waals surface area (Å²) in [7, 11) is 0. The third-order valence-electron chi connectivity index (χ3n) is 4.53. The predicted molar refractivity (Wildman–Crippen MR) is 74.0 cm³/mol. The average Bonchev–Trinajstić information content (AvgIpc) is 3.25. The fourth-order valence-electron chi connectivity index (χ4n) is 2.68. The average molecular weight is 280 g/mol. The molecule has 0 saturated heterocycles. The van der Waals surface area contributed by atoms with Gasteiger partial charge < -0.3 is 15.2 Å². The van der Waals surface area contributed by atoms with Gasteiger partial charge in [-0.25, -0.2) is 0 Å². The second-order valence-electron chi connectivity index (χ2n) is 6.52. The second kappa shape index (κ2) is 3.80. The van der Waals surface area contributed by atoms with Crippen LogP contribution in [0.25, 0.3) is 0 Å². The quantitative estimate of drug-likeness (QED) is 0.905. The van der Waals surface area contributed by atoms with Crippen LogP contribution >= 0.6 is 11.6 Å². The van der Waals surface area contributed by atoms with Crippen LogP contribution < -0.4 is 15.2 Å². The molecule has 0 atom stereocenters. The molecule has 1 spiro atoms. The van der Waals surface area contributed by atoms with E-state index in [0.717, 1.165) is 43.8 Å². The molecule has 0 unspecified atom stereocenters. The summed E-state index contributed by atoms with van der Waals surface area (Å²) in [5.74, 6) is 1.49. The van der Waals surface area contributed by atoms with Gasteiger partial charge in [-0.05, 0) is 49.8 Å². The summed E-state index contributed by atoms with van der Waals surface area (Å²) in [5.41, 5.74) is 7.56. The normalized spacial score (nSPS) is 24.9. The molecule has 2 N–H and O–H groups in total. The molecule has 4 rings (SSSR count). The van der Waals surface area contributed by atoms with Gasteiger partial charge in [0.1, 0.15) is 0 Å². The number of fused-ring (bicyclic) bond motifs is 1. The van der Waals surface area contributed by atoms with Gasteiger partial charge >= 0.3 is 0 Å². The number of ether oxygens (including phenoxy) is 2. The summed E-state index contributed by atoms with van der Waals surface area (Å²) < 4.78 is 11.8. The lowest BCUT2D eigenvalue weighted by Crippen LogP contribution is -2.24. The molecule has 0 aromatic heterocycles. The maximum Gasteiger partial charge on any atom is 0.179 e. The molecule has 1 aliphatic heterocycles. The smallest absolute Gasteiger partial charge is 0.179 e. The van der Waals surface area contributed by atoms with Crippen molar-refractivity contribution in [2.75, 3.05) is 13.2 Å². The van der Waals surface area contributed by atoms with Crippen LogP contribution in [0, 0.1) is 5.41 Å². The molecule has 1 aromatic carbocycles. The van der Waals surface area contributed by atoms with Crippen LogP contribution in [0.15, 0.2) is 12.1 Å². The topological polar surface area (TPSA) is 44.5 Å². The van der Waals surface area contributed by atoms with Crippen molar-refractivity contribution in [2.45, 2.75) is 37.6 Å². The summed E-state index contributed by atoms with van der Waals surface area (Å²) in [6, 6.07) is 4.02. The Hall–Kier alpha value is -0.930. The Labute approximate surface area is 118 Å². The lowest BCUT2D eigenvalue weighted by atomic mass is 10.0.